The van der Waals surface area contributed by atoms with E-state index in [9.17, 15) is 4.79 Å². The van der Waals surface area contributed by atoms with Crippen molar-refractivity contribution in [2.24, 2.45) is 7.05 Å². The summed E-state index contributed by atoms with van der Waals surface area (Å²) in [7, 11) is 1.70. The summed E-state index contributed by atoms with van der Waals surface area (Å²) < 4.78 is 2.30. The number of carbonyl (C=O) groups excluding carboxylic acids is 1. The first-order valence-electron chi connectivity index (χ1n) is 4.83. The van der Waals surface area contributed by atoms with Crippen LogP contribution in [-0.2, 0) is 7.05 Å². The fourth-order valence-electron chi connectivity index (χ4n) is 1.05. The van der Waals surface area contributed by atoms with Crippen molar-refractivity contribution in [3.8, 4) is 0 Å². The number of rotatable bonds is 4. The number of amides is 1. The summed E-state index contributed by atoms with van der Waals surface area (Å²) in [6, 6.07) is 0. The van der Waals surface area contributed by atoms with E-state index < -0.39 is 0 Å². The van der Waals surface area contributed by atoms with Crippen LogP contribution in [0.5, 0.6) is 0 Å². The van der Waals surface area contributed by atoms with Crippen LogP contribution in [0.1, 0.15) is 17.4 Å². The predicted octanol–water partition coefficient (Wildman–Crippen LogP) is 1.03. The topological polar surface area (TPSA) is 85.6 Å². The van der Waals surface area contributed by atoms with Crippen molar-refractivity contribution in [1.82, 2.24) is 25.2 Å². The Bertz CT molecular complexity index is 522. The van der Waals surface area contributed by atoms with Crippen molar-refractivity contribution in [3.63, 3.8) is 0 Å². The molecule has 17 heavy (non-hydrogen) atoms. The maximum atomic E-state index is 11.7. The van der Waals surface area contributed by atoms with Gasteiger partial charge in [-0.05, 0) is 5.75 Å². The molecule has 0 unspecified atom stereocenters. The van der Waals surface area contributed by atoms with Crippen molar-refractivity contribution in [3.05, 3.63) is 11.9 Å². The molecule has 0 aromatic carbocycles. The molecule has 2 aromatic rings. The van der Waals surface area contributed by atoms with Gasteiger partial charge in [0.05, 0.1) is 6.20 Å². The van der Waals surface area contributed by atoms with Gasteiger partial charge in [0.1, 0.15) is 0 Å². The molecular weight excluding hydrogens is 260 g/mol. The van der Waals surface area contributed by atoms with E-state index in [1.54, 1.807) is 18.8 Å². The zero-order chi connectivity index (χ0) is 12.3. The van der Waals surface area contributed by atoms with Crippen molar-refractivity contribution < 1.29 is 4.79 Å². The number of aromatic nitrogens is 5. The van der Waals surface area contributed by atoms with Crippen molar-refractivity contribution in [2.75, 3.05) is 11.1 Å². The molecule has 0 radical (unpaired) electrons. The molecule has 0 aliphatic carbocycles. The molecule has 0 aliphatic heterocycles. The molecule has 0 saturated heterocycles. The zero-order valence-corrected chi connectivity index (χ0v) is 10.9. The van der Waals surface area contributed by atoms with Crippen LogP contribution < -0.4 is 5.32 Å². The third kappa shape index (κ3) is 3.01. The molecule has 7 nitrogen and oxygen atoms in total. The van der Waals surface area contributed by atoms with Crippen LogP contribution in [0.4, 0.5) is 5.13 Å². The minimum atomic E-state index is -0.331. The van der Waals surface area contributed by atoms with Gasteiger partial charge in [0.15, 0.2) is 10.0 Å². The molecule has 2 aromatic heterocycles. The van der Waals surface area contributed by atoms with Crippen LogP contribution in [0.2, 0.25) is 0 Å². The Morgan fingerprint density at radius 1 is 1.53 bits per heavy atom. The number of thioether (sulfide) groups is 1. The van der Waals surface area contributed by atoms with Gasteiger partial charge in [-0.1, -0.05) is 35.2 Å². The standard InChI is InChI=1S/C8H10N6OS2/c1-3-16-8-12-11-7(17-8)9-6(15)5-4-14(2)13-10-5/h4H,3H2,1-2H3,(H,9,11,15). The maximum Gasteiger partial charge on any atom is 0.279 e. The molecule has 1 N–H and O–H groups in total. The molecule has 0 atom stereocenters. The number of hydrogen-bond acceptors (Lipinski definition) is 7. The third-order valence-corrected chi connectivity index (χ3v) is 3.58. The molecule has 0 fully saturated rings. The average Bonchev–Trinajstić information content (AvgIpc) is 2.88. The monoisotopic (exact) mass is 270 g/mol. The van der Waals surface area contributed by atoms with Gasteiger partial charge < -0.3 is 0 Å². The first-order valence-corrected chi connectivity index (χ1v) is 6.63. The van der Waals surface area contributed by atoms with E-state index in [1.165, 1.54) is 22.2 Å². The third-order valence-electron chi connectivity index (χ3n) is 1.73. The van der Waals surface area contributed by atoms with Gasteiger partial charge in [0.25, 0.3) is 5.91 Å². The van der Waals surface area contributed by atoms with Gasteiger partial charge in [0, 0.05) is 7.05 Å². The van der Waals surface area contributed by atoms with E-state index in [1.807, 2.05) is 6.92 Å². The Labute approximate surface area is 106 Å². The molecule has 2 heterocycles. The number of hydrogen-bond donors (Lipinski definition) is 1. The predicted molar refractivity (Wildman–Crippen MR) is 65.3 cm³/mol. The molecule has 0 bridgehead atoms. The molecule has 0 saturated carbocycles. The minimum Gasteiger partial charge on any atom is -0.295 e. The average molecular weight is 270 g/mol. The second-order valence-electron chi connectivity index (χ2n) is 3.04. The fourth-order valence-corrected chi connectivity index (χ4v) is 2.70. The van der Waals surface area contributed by atoms with Crippen LogP contribution >= 0.6 is 23.1 Å². The second-order valence-corrected chi connectivity index (χ2v) is 5.53. The van der Waals surface area contributed by atoms with Crippen LogP contribution in [0.15, 0.2) is 10.5 Å². The number of carbonyl (C=O) groups is 1. The van der Waals surface area contributed by atoms with Gasteiger partial charge in [-0.2, -0.15) is 0 Å². The lowest BCUT2D eigenvalue weighted by Gasteiger charge is -1.94. The van der Waals surface area contributed by atoms with E-state index in [0.29, 0.717) is 5.13 Å². The molecule has 90 valence electrons. The molecule has 2 rings (SSSR count). The second kappa shape index (κ2) is 5.23. The van der Waals surface area contributed by atoms with Gasteiger partial charge in [-0.25, -0.2) is 0 Å². The first-order chi connectivity index (χ1) is 8.19. The Kier molecular flexibility index (Phi) is 3.69. The summed E-state index contributed by atoms with van der Waals surface area (Å²) >= 11 is 2.93. The summed E-state index contributed by atoms with van der Waals surface area (Å²) in [5, 5.41) is 18.3. The summed E-state index contributed by atoms with van der Waals surface area (Å²) in [5.74, 6) is 0.592. The zero-order valence-electron chi connectivity index (χ0n) is 9.25. The Morgan fingerprint density at radius 3 is 3.00 bits per heavy atom. The molecule has 1 amide bonds. The maximum absolute atomic E-state index is 11.7. The van der Waals surface area contributed by atoms with Crippen molar-refractivity contribution in [2.45, 2.75) is 11.3 Å². The van der Waals surface area contributed by atoms with E-state index in [4.69, 9.17) is 0 Å². The van der Waals surface area contributed by atoms with Gasteiger partial charge in [-0.3, -0.25) is 14.8 Å². The molecular formula is C8H10N6OS2. The lowest BCUT2D eigenvalue weighted by atomic mass is 10.4. The number of anilines is 1. The van der Waals surface area contributed by atoms with Gasteiger partial charge >= 0.3 is 0 Å². The van der Waals surface area contributed by atoms with Crippen molar-refractivity contribution in [1.29, 1.82) is 0 Å². The van der Waals surface area contributed by atoms with Crippen LogP contribution in [0.3, 0.4) is 0 Å². The van der Waals surface area contributed by atoms with E-state index >= 15 is 0 Å². The van der Waals surface area contributed by atoms with Crippen LogP contribution in [0.25, 0.3) is 0 Å². The Balaban J connectivity index is 2.02. The molecule has 0 spiro atoms. The first kappa shape index (κ1) is 12.0. The quantitative estimate of drug-likeness (QED) is 0.659. The van der Waals surface area contributed by atoms with Crippen molar-refractivity contribution >= 4 is 34.1 Å². The minimum absolute atomic E-state index is 0.257. The van der Waals surface area contributed by atoms with E-state index in [2.05, 4.69) is 25.8 Å². The largest absolute Gasteiger partial charge is 0.295 e. The Morgan fingerprint density at radius 2 is 2.35 bits per heavy atom. The molecule has 9 heteroatoms. The highest BCUT2D eigenvalue weighted by atomic mass is 32.2. The van der Waals surface area contributed by atoms with Crippen LogP contribution in [-0.4, -0.2) is 36.9 Å². The number of aryl methyl sites for hydroxylation is 1. The summed E-state index contributed by atoms with van der Waals surface area (Å²) in [4.78, 5) is 11.7. The van der Waals surface area contributed by atoms with Gasteiger partial charge in [0.2, 0.25) is 5.13 Å². The normalized spacial score (nSPS) is 10.5. The fraction of sp³-hybridized carbons (Fsp3) is 0.375. The van der Waals surface area contributed by atoms with Crippen LogP contribution in [0, 0.1) is 0 Å². The lowest BCUT2D eigenvalue weighted by molar-refractivity contribution is 0.102. The smallest absolute Gasteiger partial charge is 0.279 e. The van der Waals surface area contributed by atoms with Gasteiger partial charge in [-0.15, -0.1) is 15.3 Å². The number of nitrogens with one attached hydrogen (secondary N) is 1. The Hall–Kier alpha value is -1.48. The highest BCUT2D eigenvalue weighted by molar-refractivity contribution is 8.01. The summed E-state index contributed by atoms with van der Waals surface area (Å²) in [5.41, 5.74) is 0.257. The number of nitrogens with zero attached hydrogens (tertiary/aromatic N) is 5. The van der Waals surface area contributed by atoms with E-state index in [0.717, 1.165) is 10.1 Å². The van der Waals surface area contributed by atoms with E-state index in [-0.39, 0.29) is 11.6 Å². The summed E-state index contributed by atoms with van der Waals surface area (Å²) in [6.07, 6.45) is 1.54. The summed E-state index contributed by atoms with van der Waals surface area (Å²) in [6.45, 7) is 2.03. The highest BCUT2D eigenvalue weighted by Gasteiger charge is 2.12. The molecule has 0 aliphatic rings. The SMILES string of the molecule is CCSc1nnc(NC(=O)c2cn(C)nn2)s1. The highest BCUT2D eigenvalue weighted by Crippen LogP contribution is 2.25. The lowest BCUT2D eigenvalue weighted by Crippen LogP contribution is -2.12.